The Bertz CT molecular complexity index is 3440. The van der Waals surface area contributed by atoms with Crippen molar-refractivity contribution in [2.24, 2.45) is 0 Å². The molecule has 0 fully saturated rings. The highest BCUT2D eigenvalue weighted by molar-refractivity contribution is 6.09. The van der Waals surface area contributed by atoms with Crippen LogP contribution in [0, 0.1) is 0 Å². The van der Waals surface area contributed by atoms with E-state index >= 15 is 0 Å². The average molecular weight is 756 g/mol. The van der Waals surface area contributed by atoms with E-state index in [1.165, 1.54) is 49.2 Å². The van der Waals surface area contributed by atoms with Crippen molar-refractivity contribution in [2.45, 2.75) is 12.3 Å². The number of benzene rings is 9. The van der Waals surface area contributed by atoms with Gasteiger partial charge in [-0.05, 0) is 111 Å². The van der Waals surface area contributed by atoms with Gasteiger partial charge in [0.1, 0.15) is 22.5 Å². The zero-order valence-electron chi connectivity index (χ0n) is 32.2. The van der Waals surface area contributed by atoms with Crippen molar-refractivity contribution in [1.29, 1.82) is 0 Å². The molecular weight excluding hydrogens is 719 g/mol. The maximum absolute atomic E-state index is 6.61. The van der Waals surface area contributed by atoms with Gasteiger partial charge in [-0.2, -0.15) is 0 Å². The number of allylic oxidation sites excluding steroid dienone is 1. The van der Waals surface area contributed by atoms with Crippen LogP contribution in [0.2, 0.25) is 0 Å². The van der Waals surface area contributed by atoms with Gasteiger partial charge in [0, 0.05) is 50.3 Å². The third-order valence-electron chi connectivity index (χ3n) is 12.2. The summed E-state index contributed by atoms with van der Waals surface area (Å²) in [4.78, 5) is 2.43. The molecule has 0 saturated heterocycles. The van der Waals surface area contributed by atoms with Crippen molar-refractivity contribution in [3.8, 4) is 22.3 Å². The molecule has 11 aromatic rings. The van der Waals surface area contributed by atoms with E-state index in [0.717, 1.165) is 67.9 Å². The maximum atomic E-state index is 6.61. The predicted molar refractivity (Wildman–Crippen MR) is 246 cm³/mol. The van der Waals surface area contributed by atoms with E-state index in [1.807, 2.05) is 12.1 Å². The fourth-order valence-electron chi connectivity index (χ4n) is 9.39. The van der Waals surface area contributed by atoms with Gasteiger partial charge < -0.3 is 13.7 Å². The number of anilines is 3. The minimum atomic E-state index is 0.0877. The monoisotopic (exact) mass is 755 g/mol. The summed E-state index contributed by atoms with van der Waals surface area (Å²) < 4.78 is 13.1. The molecule has 3 heteroatoms. The van der Waals surface area contributed by atoms with E-state index in [0.29, 0.717) is 0 Å². The first kappa shape index (κ1) is 33.5. The van der Waals surface area contributed by atoms with E-state index in [1.54, 1.807) is 0 Å². The summed E-state index contributed by atoms with van der Waals surface area (Å²) in [5.74, 6) is 1.03. The maximum Gasteiger partial charge on any atom is 0.143 e. The molecule has 0 spiro atoms. The van der Waals surface area contributed by atoms with Crippen molar-refractivity contribution < 1.29 is 8.83 Å². The standard InChI is InChI=1S/C56H37NO2/c1-2-13-38-32-42(27-26-36(38)12-1)39-16-9-17-44(33-39)57(43-30-28-37(29-31-43)45-20-10-22-49-47-19-6-8-24-52(47)59-56(45)49)51-23-7-5-18-46(51)48-21-11-25-53-55(48)50-34-40-14-3-4-15-41(40)35-54(50)58-53/h1-20,22-35,48H,21H2. The number of para-hydroxylation sites is 3. The molecule has 2 heterocycles. The lowest BCUT2D eigenvalue weighted by Crippen LogP contribution is -2.15. The lowest BCUT2D eigenvalue weighted by Gasteiger charge is -2.31. The van der Waals surface area contributed by atoms with Crippen molar-refractivity contribution in [3.63, 3.8) is 0 Å². The Hall–Kier alpha value is -7.62. The first-order valence-corrected chi connectivity index (χ1v) is 20.3. The van der Waals surface area contributed by atoms with Gasteiger partial charge in [-0.25, -0.2) is 0 Å². The molecule has 1 aliphatic carbocycles. The van der Waals surface area contributed by atoms with Gasteiger partial charge >= 0.3 is 0 Å². The number of hydrogen-bond donors (Lipinski definition) is 0. The SMILES string of the molecule is C1=Cc2oc3cc4ccccc4cc3c2C(c2ccccc2N(c2ccc(-c3cccc4c3oc3ccccc34)cc2)c2cccc(-c3ccc4ccccc4c3)c2)C1. The molecule has 278 valence electrons. The molecule has 1 aliphatic rings. The fourth-order valence-corrected chi connectivity index (χ4v) is 9.39. The Morgan fingerprint density at radius 3 is 2.02 bits per heavy atom. The highest BCUT2D eigenvalue weighted by Crippen LogP contribution is 2.48. The summed E-state index contributed by atoms with van der Waals surface area (Å²) in [7, 11) is 0. The van der Waals surface area contributed by atoms with E-state index in [4.69, 9.17) is 8.83 Å². The number of furan rings is 2. The number of rotatable bonds is 6. The second-order valence-electron chi connectivity index (χ2n) is 15.6. The molecule has 1 unspecified atom stereocenters. The molecule has 3 nitrogen and oxygen atoms in total. The van der Waals surface area contributed by atoms with E-state index in [-0.39, 0.29) is 5.92 Å². The highest BCUT2D eigenvalue weighted by atomic mass is 16.3. The fraction of sp³-hybridized carbons (Fsp3) is 0.0357. The van der Waals surface area contributed by atoms with Gasteiger partial charge in [0.05, 0.1) is 0 Å². The van der Waals surface area contributed by atoms with Gasteiger partial charge in [0.25, 0.3) is 0 Å². The zero-order chi connectivity index (χ0) is 38.9. The Balaban J connectivity index is 1.03. The molecule has 12 rings (SSSR count). The van der Waals surface area contributed by atoms with Crippen LogP contribution in [0.15, 0.2) is 209 Å². The van der Waals surface area contributed by atoms with Gasteiger partial charge in [0.15, 0.2) is 0 Å². The second-order valence-corrected chi connectivity index (χ2v) is 15.6. The van der Waals surface area contributed by atoms with Crippen molar-refractivity contribution in [1.82, 2.24) is 0 Å². The molecule has 59 heavy (non-hydrogen) atoms. The first-order chi connectivity index (χ1) is 29.2. The lowest BCUT2D eigenvalue weighted by atomic mass is 9.82. The third kappa shape index (κ3) is 5.58. The summed E-state index contributed by atoms with van der Waals surface area (Å²) in [5, 5.41) is 8.31. The molecule has 0 aliphatic heterocycles. The Morgan fingerprint density at radius 1 is 0.441 bits per heavy atom. The highest BCUT2D eigenvalue weighted by Gasteiger charge is 2.29. The molecule has 0 saturated carbocycles. The Morgan fingerprint density at radius 2 is 1.14 bits per heavy atom. The third-order valence-corrected chi connectivity index (χ3v) is 12.2. The van der Waals surface area contributed by atoms with Gasteiger partial charge in [-0.3, -0.25) is 0 Å². The molecule has 2 aromatic heterocycles. The van der Waals surface area contributed by atoms with Crippen LogP contribution in [-0.4, -0.2) is 0 Å². The van der Waals surface area contributed by atoms with Crippen LogP contribution in [0.1, 0.15) is 29.2 Å². The van der Waals surface area contributed by atoms with E-state index < -0.39 is 0 Å². The minimum absolute atomic E-state index is 0.0877. The second kappa shape index (κ2) is 13.5. The van der Waals surface area contributed by atoms with Gasteiger partial charge in [0.2, 0.25) is 0 Å². The summed E-state index contributed by atoms with van der Waals surface area (Å²) >= 11 is 0. The van der Waals surface area contributed by atoms with Crippen LogP contribution in [0.5, 0.6) is 0 Å². The van der Waals surface area contributed by atoms with Gasteiger partial charge in [-0.1, -0.05) is 146 Å². The van der Waals surface area contributed by atoms with E-state index in [2.05, 4.69) is 199 Å². The summed E-state index contributed by atoms with van der Waals surface area (Å²) in [5.41, 5.74) is 13.1. The Kier molecular flexibility index (Phi) is 7.67. The van der Waals surface area contributed by atoms with E-state index in [9.17, 15) is 0 Å². The molecule has 1 atom stereocenters. The molecule has 9 aromatic carbocycles. The molecular formula is C56H37NO2. The topological polar surface area (TPSA) is 29.5 Å². The predicted octanol–water partition coefficient (Wildman–Crippen LogP) is 16.0. The molecule has 0 N–H and O–H groups in total. The van der Waals surface area contributed by atoms with Crippen LogP contribution < -0.4 is 4.90 Å². The number of hydrogen-bond acceptors (Lipinski definition) is 3. The zero-order valence-corrected chi connectivity index (χ0v) is 32.2. The smallest absolute Gasteiger partial charge is 0.143 e. The van der Waals surface area contributed by atoms with Crippen LogP contribution in [0.3, 0.4) is 0 Å². The van der Waals surface area contributed by atoms with Crippen LogP contribution in [0.4, 0.5) is 17.1 Å². The summed E-state index contributed by atoms with van der Waals surface area (Å²) in [6.07, 6.45) is 5.30. The minimum Gasteiger partial charge on any atom is -0.456 e. The Labute approximate surface area is 341 Å². The van der Waals surface area contributed by atoms with Crippen molar-refractivity contribution in [2.75, 3.05) is 4.90 Å². The lowest BCUT2D eigenvalue weighted by molar-refractivity contribution is 0.590. The quantitative estimate of drug-likeness (QED) is 0.169. The van der Waals surface area contributed by atoms with Crippen molar-refractivity contribution in [3.05, 3.63) is 217 Å². The first-order valence-electron chi connectivity index (χ1n) is 20.3. The van der Waals surface area contributed by atoms with Crippen LogP contribution in [0.25, 0.3) is 82.8 Å². The number of fused-ring (bicyclic) bond motifs is 8. The van der Waals surface area contributed by atoms with Crippen LogP contribution >= 0.6 is 0 Å². The number of nitrogens with zero attached hydrogens (tertiary/aromatic N) is 1. The molecule has 0 amide bonds. The van der Waals surface area contributed by atoms with Crippen molar-refractivity contribution >= 4 is 77.6 Å². The molecule has 0 bridgehead atoms. The summed E-state index contributed by atoms with van der Waals surface area (Å²) in [6, 6.07) is 69.9. The van der Waals surface area contributed by atoms with Crippen LogP contribution in [-0.2, 0) is 0 Å². The average Bonchev–Trinajstić information content (AvgIpc) is 3.87. The largest absolute Gasteiger partial charge is 0.456 e. The summed E-state index contributed by atoms with van der Waals surface area (Å²) in [6.45, 7) is 0. The van der Waals surface area contributed by atoms with Gasteiger partial charge in [-0.15, -0.1) is 0 Å². The molecule has 0 radical (unpaired) electrons. The normalized spacial score (nSPS) is 13.8.